The fraction of sp³-hybridized carbons (Fsp3) is 0.519. The third-order valence-electron chi connectivity index (χ3n) is 6.55. The van der Waals surface area contributed by atoms with E-state index in [2.05, 4.69) is 16.8 Å². The Morgan fingerprint density at radius 2 is 1.83 bits per heavy atom. The molecule has 3 rings (SSSR count). The minimum atomic E-state index is -0.730. The molecule has 1 aromatic heterocycles. The van der Waals surface area contributed by atoms with Crippen molar-refractivity contribution in [3.63, 3.8) is 0 Å². The van der Waals surface area contributed by atoms with Gasteiger partial charge in [0.05, 0.1) is 12.5 Å². The smallest absolute Gasteiger partial charge is 0.306 e. The first-order chi connectivity index (χ1) is 17.1. The maximum absolute atomic E-state index is 13.4. The molecule has 1 aliphatic rings. The van der Waals surface area contributed by atoms with Crippen molar-refractivity contribution in [2.24, 2.45) is 11.8 Å². The Hall–Kier alpha value is -2.53. The van der Waals surface area contributed by atoms with E-state index >= 15 is 0 Å². The molecule has 0 unspecified atom stereocenters. The van der Waals surface area contributed by atoms with E-state index in [0.717, 1.165) is 12.8 Å². The highest BCUT2D eigenvalue weighted by Crippen LogP contribution is 2.32. The number of aromatic nitrogens is 2. The van der Waals surface area contributed by atoms with Gasteiger partial charge in [0.2, 0.25) is 5.28 Å². The van der Waals surface area contributed by atoms with Gasteiger partial charge in [-0.3, -0.25) is 9.59 Å². The van der Waals surface area contributed by atoms with Crippen LogP contribution in [0.1, 0.15) is 68.6 Å². The topological polar surface area (TPSA) is 90.7 Å². The lowest BCUT2D eigenvalue weighted by Crippen LogP contribution is -2.22. The number of Topliss-reactive ketones (excluding diaryl/α,β-unsaturated/α-hetero) is 1. The molecule has 1 N–H and O–H groups in total. The molecule has 1 aromatic carbocycles. The molecule has 1 fully saturated rings. The van der Waals surface area contributed by atoms with Crippen LogP contribution in [0.25, 0.3) is 0 Å². The van der Waals surface area contributed by atoms with Crippen molar-refractivity contribution in [3.05, 3.63) is 46.0 Å². The van der Waals surface area contributed by atoms with Gasteiger partial charge >= 0.3 is 5.97 Å². The summed E-state index contributed by atoms with van der Waals surface area (Å²) in [6.45, 7) is 4.24. The van der Waals surface area contributed by atoms with Gasteiger partial charge in [-0.25, -0.2) is 4.98 Å². The van der Waals surface area contributed by atoms with Crippen LogP contribution in [0, 0.1) is 23.7 Å². The molecule has 1 aliphatic carbocycles. The molecule has 36 heavy (non-hydrogen) atoms. The molecule has 2 aromatic rings. The van der Waals surface area contributed by atoms with Crippen LogP contribution in [0.4, 0.5) is 0 Å². The second kappa shape index (κ2) is 12.6. The number of carbonyl (C=O) groups excluding carboxylic acids is 1. The number of hydrogen-bond acceptors (Lipinski definition) is 5. The summed E-state index contributed by atoms with van der Waals surface area (Å²) in [5.74, 6) is 5.87. The third-order valence-corrected chi connectivity index (χ3v) is 7.09. The first-order valence-electron chi connectivity index (χ1n) is 12.1. The molecule has 0 saturated heterocycles. The molecule has 0 radical (unpaired) electrons. The number of carbonyl (C=O) groups is 2. The normalized spacial score (nSPS) is 17.8. The van der Waals surface area contributed by atoms with E-state index in [1.807, 2.05) is 13.8 Å². The summed E-state index contributed by atoms with van der Waals surface area (Å²) in [6, 6.07) is 7.02. The zero-order valence-electron chi connectivity index (χ0n) is 20.9. The van der Waals surface area contributed by atoms with Gasteiger partial charge in [0.1, 0.15) is 29.3 Å². The van der Waals surface area contributed by atoms with Gasteiger partial charge in [-0.15, -0.1) is 0 Å². The number of aliphatic carboxylic acids is 1. The molecular weight excluding hydrogens is 503 g/mol. The number of carboxylic acids is 1. The summed E-state index contributed by atoms with van der Waals surface area (Å²) in [7, 11) is 1.57. The minimum Gasteiger partial charge on any atom is -0.492 e. The number of benzene rings is 1. The number of nitrogens with zero attached hydrogens (tertiary/aromatic N) is 2. The summed E-state index contributed by atoms with van der Waals surface area (Å²) in [4.78, 5) is 29.0. The van der Waals surface area contributed by atoms with E-state index in [4.69, 9.17) is 32.7 Å². The van der Waals surface area contributed by atoms with Gasteiger partial charge in [-0.05, 0) is 93.7 Å². The molecule has 7 nitrogen and oxygen atoms in total. The lowest BCUT2D eigenvalue weighted by molar-refractivity contribution is -0.143. The molecule has 0 spiro atoms. The standard InChI is InChI=1S/C27H32Cl2N2O5/c1-27(2,35-3)15-14-22-24(23(32)13-6-18-4-7-19(8-5-18)25(33)34)31(26(29)30-22)16-17-36-21-11-9-20(28)10-12-21/h9-12,18-19H,4-8,13,16-17H2,1-3H3,(H,33,34). The Labute approximate surface area is 222 Å². The summed E-state index contributed by atoms with van der Waals surface area (Å²) in [6.07, 6.45) is 3.93. The number of ketones is 1. The van der Waals surface area contributed by atoms with Crippen molar-refractivity contribution in [2.75, 3.05) is 13.7 Å². The SMILES string of the molecule is COC(C)(C)C#Cc1nc(Cl)n(CCOc2ccc(Cl)cc2)c1C(=O)CCC1CCC(C(=O)O)CC1. The van der Waals surface area contributed by atoms with E-state index < -0.39 is 11.6 Å². The van der Waals surface area contributed by atoms with E-state index in [1.165, 1.54) is 0 Å². The fourth-order valence-corrected chi connectivity index (χ4v) is 4.58. The zero-order chi connectivity index (χ0) is 26.3. The summed E-state index contributed by atoms with van der Waals surface area (Å²) < 4.78 is 12.8. The number of halogens is 2. The Morgan fingerprint density at radius 3 is 2.44 bits per heavy atom. The predicted octanol–water partition coefficient (Wildman–Crippen LogP) is 5.90. The third kappa shape index (κ3) is 7.73. The second-order valence-electron chi connectivity index (χ2n) is 9.51. The summed E-state index contributed by atoms with van der Waals surface area (Å²) >= 11 is 12.4. The highest BCUT2D eigenvalue weighted by Gasteiger charge is 2.28. The van der Waals surface area contributed by atoms with E-state index in [0.29, 0.717) is 60.3 Å². The lowest BCUT2D eigenvalue weighted by Gasteiger charge is -2.25. The van der Waals surface area contributed by atoms with Crippen LogP contribution in [0.2, 0.25) is 10.3 Å². The van der Waals surface area contributed by atoms with E-state index in [1.54, 1.807) is 35.9 Å². The molecule has 0 atom stereocenters. The van der Waals surface area contributed by atoms with Gasteiger partial charge in [0, 0.05) is 18.6 Å². The van der Waals surface area contributed by atoms with Crippen molar-refractivity contribution in [3.8, 4) is 17.6 Å². The Kier molecular flexibility index (Phi) is 9.84. The van der Waals surface area contributed by atoms with Gasteiger partial charge in [0.25, 0.3) is 0 Å². The van der Waals surface area contributed by atoms with Gasteiger partial charge in [-0.2, -0.15) is 0 Å². The quantitative estimate of drug-likeness (QED) is 0.301. The maximum Gasteiger partial charge on any atom is 0.306 e. The van der Waals surface area contributed by atoms with Gasteiger partial charge in [0.15, 0.2) is 5.78 Å². The lowest BCUT2D eigenvalue weighted by atomic mass is 9.79. The molecule has 194 valence electrons. The molecule has 0 amide bonds. The Morgan fingerprint density at radius 1 is 1.17 bits per heavy atom. The number of rotatable bonds is 10. The molecule has 0 aliphatic heterocycles. The van der Waals surface area contributed by atoms with Crippen LogP contribution in [-0.2, 0) is 16.1 Å². The highest BCUT2D eigenvalue weighted by molar-refractivity contribution is 6.30. The number of imidazole rings is 1. The number of ether oxygens (including phenoxy) is 2. The second-order valence-corrected chi connectivity index (χ2v) is 10.3. The fourth-order valence-electron chi connectivity index (χ4n) is 4.20. The molecule has 9 heteroatoms. The number of carboxylic acid groups (broad SMARTS) is 1. The van der Waals surface area contributed by atoms with Crippen molar-refractivity contribution in [1.82, 2.24) is 9.55 Å². The van der Waals surface area contributed by atoms with Gasteiger partial charge < -0.3 is 19.1 Å². The van der Waals surface area contributed by atoms with Crippen molar-refractivity contribution in [1.29, 1.82) is 0 Å². The van der Waals surface area contributed by atoms with Crippen molar-refractivity contribution >= 4 is 35.0 Å². The zero-order valence-corrected chi connectivity index (χ0v) is 22.4. The monoisotopic (exact) mass is 534 g/mol. The molecule has 1 saturated carbocycles. The van der Waals surface area contributed by atoms with Crippen LogP contribution in [0.5, 0.6) is 5.75 Å². The van der Waals surface area contributed by atoms with Crippen LogP contribution in [0.3, 0.4) is 0 Å². The van der Waals surface area contributed by atoms with E-state index in [9.17, 15) is 14.7 Å². The largest absolute Gasteiger partial charge is 0.492 e. The van der Waals surface area contributed by atoms with Crippen LogP contribution >= 0.6 is 23.2 Å². The molecular formula is C27H32Cl2N2O5. The summed E-state index contributed by atoms with van der Waals surface area (Å²) in [5.41, 5.74) is -0.0358. The average Bonchev–Trinajstić information content (AvgIpc) is 3.18. The van der Waals surface area contributed by atoms with Crippen molar-refractivity contribution < 1.29 is 24.2 Å². The molecule has 0 bridgehead atoms. The Bertz CT molecular complexity index is 1120. The molecule has 1 heterocycles. The van der Waals surface area contributed by atoms with E-state index in [-0.39, 0.29) is 23.6 Å². The maximum atomic E-state index is 13.4. The van der Waals surface area contributed by atoms with Crippen LogP contribution in [-0.4, -0.2) is 45.7 Å². The first-order valence-corrected chi connectivity index (χ1v) is 12.8. The van der Waals surface area contributed by atoms with Crippen LogP contribution < -0.4 is 4.74 Å². The average molecular weight is 535 g/mol. The summed E-state index contributed by atoms with van der Waals surface area (Å²) in [5, 5.41) is 10.0. The number of methoxy groups -OCH3 is 1. The Balaban J connectivity index is 1.75. The predicted molar refractivity (Wildman–Crippen MR) is 139 cm³/mol. The van der Waals surface area contributed by atoms with Crippen LogP contribution in [0.15, 0.2) is 24.3 Å². The highest BCUT2D eigenvalue weighted by atomic mass is 35.5. The van der Waals surface area contributed by atoms with Gasteiger partial charge in [-0.1, -0.05) is 17.5 Å². The first kappa shape index (κ1) is 28.0. The minimum absolute atomic E-state index is 0.0965. The number of hydrogen-bond donors (Lipinski definition) is 1. The van der Waals surface area contributed by atoms with Crippen molar-refractivity contribution in [2.45, 2.75) is 64.5 Å².